The summed E-state index contributed by atoms with van der Waals surface area (Å²) < 4.78 is 63.4. The van der Waals surface area contributed by atoms with E-state index >= 15 is 4.39 Å². The van der Waals surface area contributed by atoms with Gasteiger partial charge in [0, 0.05) is 49.4 Å². The number of carboxylic acid groups (broad SMARTS) is 1. The molecular formula is C33H39F2N2O6S+. The Labute approximate surface area is 257 Å². The quantitative estimate of drug-likeness (QED) is 0.0924. The average Bonchev–Trinajstić information content (AvgIpc) is 3.17. The molecule has 1 aliphatic heterocycles. The molecule has 1 atom stereocenters. The Balaban J connectivity index is 1.93. The lowest BCUT2D eigenvalue weighted by molar-refractivity contribution is -0.440. The standard InChI is InChI=1S/C33H38F2N2O6S/c1-25(38)36(27-15-7-5-8-16-27)20-12-4-3-9-17-30-33(2,19-11-14-22-44(41,42)43)28-23-26(34)24-29(35)32(28)37(30)21-13-6-10-18-31(39)40/h3-5,7-9,12,15-17,20,23-24H,6,10-11,13-14,18-19,21-22H2,1-2H3,(H-,39,40,41,42,43)/p+1. The van der Waals surface area contributed by atoms with Gasteiger partial charge < -0.3 is 5.11 Å². The number of halogens is 2. The Hall–Kier alpha value is -3.96. The van der Waals surface area contributed by atoms with Crippen molar-refractivity contribution in [1.29, 1.82) is 0 Å². The van der Waals surface area contributed by atoms with Crippen LogP contribution in [0.15, 0.2) is 79.0 Å². The van der Waals surface area contributed by atoms with Crippen LogP contribution in [-0.4, -0.2) is 52.5 Å². The van der Waals surface area contributed by atoms with E-state index in [-0.39, 0.29) is 24.4 Å². The highest BCUT2D eigenvalue weighted by molar-refractivity contribution is 7.85. The van der Waals surface area contributed by atoms with Gasteiger partial charge in [-0.1, -0.05) is 42.8 Å². The number of hydrogen-bond acceptors (Lipinski definition) is 4. The largest absolute Gasteiger partial charge is 0.481 e. The molecule has 0 saturated carbocycles. The van der Waals surface area contributed by atoms with Crippen molar-refractivity contribution in [2.24, 2.45) is 0 Å². The summed E-state index contributed by atoms with van der Waals surface area (Å²) in [6.07, 6.45) is 13.0. The van der Waals surface area contributed by atoms with Gasteiger partial charge in [0.25, 0.3) is 10.1 Å². The number of benzene rings is 2. The molecule has 0 radical (unpaired) electrons. The number of anilines is 1. The molecule has 236 valence electrons. The third-order valence-electron chi connectivity index (χ3n) is 7.55. The molecular weight excluding hydrogens is 590 g/mol. The minimum absolute atomic E-state index is 0.0295. The van der Waals surface area contributed by atoms with Gasteiger partial charge >= 0.3 is 5.97 Å². The highest BCUT2D eigenvalue weighted by atomic mass is 32.2. The Kier molecular flexibility index (Phi) is 12.3. The summed E-state index contributed by atoms with van der Waals surface area (Å²) in [6, 6.07) is 11.3. The molecule has 44 heavy (non-hydrogen) atoms. The van der Waals surface area contributed by atoms with Gasteiger partial charge in [0.1, 0.15) is 12.4 Å². The zero-order valence-corrected chi connectivity index (χ0v) is 25.8. The van der Waals surface area contributed by atoms with Crippen LogP contribution in [0.5, 0.6) is 0 Å². The van der Waals surface area contributed by atoms with E-state index in [1.165, 1.54) is 17.9 Å². The van der Waals surface area contributed by atoms with Crippen LogP contribution in [0, 0.1) is 11.6 Å². The maximum Gasteiger partial charge on any atom is 0.303 e. The average molecular weight is 630 g/mol. The van der Waals surface area contributed by atoms with Crippen LogP contribution in [0.4, 0.5) is 20.2 Å². The number of hydrogen-bond donors (Lipinski definition) is 2. The molecule has 8 nitrogen and oxygen atoms in total. The number of unbranched alkanes of at least 4 members (excludes halogenated alkanes) is 3. The first kappa shape index (κ1) is 34.5. The van der Waals surface area contributed by atoms with Gasteiger partial charge in [-0.15, -0.1) is 0 Å². The molecule has 1 aliphatic rings. The molecule has 0 aromatic heterocycles. The van der Waals surface area contributed by atoms with E-state index in [1.54, 1.807) is 35.1 Å². The lowest BCUT2D eigenvalue weighted by Crippen LogP contribution is -2.31. The van der Waals surface area contributed by atoms with E-state index in [2.05, 4.69) is 0 Å². The van der Waals surface area contributed by atoms with Gasteiger partial charge in [0.2, 0.25) is 11.6 Å². The second-order valence-electron chi connectivity index (χ2n) is 10.9. The Morgan fingerprint density at radius 2 is 1.68 bits per heavy atom. The van der Waals surface area contributed by atoms with Crippen molar-refractivity contribution in [3.8, 4) is 0 Å². The van der Waals surface area contributed by atoms with Crippen molar-refractivity contribution in [2.45, 2.75) is 64.2 Å². The number of nitrogens with zero attached hydrogens (tertiary/aromatic N) is 2. The molecule has 11 heteroatoms. The van der Waals surface area contributed by atoms with Crippen LogP contribution >= 0.6 is 0 Å². The Bertz CT molecular complexity index is 1570. The van der Waals surface area contributed by atoms with E-state index in [0.717, 1.165) is 11.8 Å². The molecule has 0 spiro atoms. The van der Waals surface area contributed by atoms with E-state index in [0.29, 0.717) is 49.9 Å². The fraction of sp³-hybridized carbons (Fsp3) is 0.364. The SMILES string of the molecule is CC(=O)N(/C=C/C=C/C=C/C1=[N+](CCCCCC(=O)O)c2c(F)cc(F)cc2C1(C)CCCCS(=O)(=O)O)c1ccccc1. The van der Waals surface area contributed by atoms with Crippen LogP contribution in [0.1, 0.15) is 64.4 Å². The Morgan fingerprint density at radius 1 is 0.977 bits per heavy atom. The van der Waals surface area contributed by atoms with Gasteiger partial charge in [-0.05, 0) is 56.9 Å². The second-order valence-corrected chi connectivity index (χ2v) is 12.5. The number of carboxylic acids is 1. The number of carbonyl (C=O) groups is 2. The monoisotopic (exact) mass is 629 g/mol. The molecule has 0 fully saturated rings. The van der Waals surface area contributed by atoms with Gasteiger partial charge in [-0.3, -0.25) is 19.0 Å². The van der Waals surface area contributed by atoms with Crippen molar-refractivity contribution in [1.82, 2.24) is 0 Å². The summed E-state index contributed by atoms with van der Waals surface area (Å²) in [7, 11) is -4.15. The van der Waals surface area contributed by atoms with Gasteiger partial charge in [0.05, 0.1) is 11.2 Å². The molecule has 0 saturated heterocycles. The first-order valence-electron chi connectivity index (χ1n) is 14.5. The fourth-order valence-corrected chi connectivity index (χ4v) is 6.01. The maximum absolute atomic E-state index is 15.3. The number of aliphatic carboxylic acids is 1. The fourth-order valence-electron chi connectivity index (χ4n) is 5.44. The van der Waals surface area contributed by atoms with Crippen LogP contribution in [0.2, 0.25) is 0 Å². The van der Waals surface area contributed by atoms with E-state index < -0.39 is 38.9 Å². The minimum atomic E-state index is -4.15. The minimum Gasteiger partial charge on any atom is -0.481 e. The topological polar surface area (TPSA) is 115 Å². The van der Waals surface area contributed by atoms with Crippen LogP contribution in [0.3, 0.4) is 0 Å². The third kappa shape index (κ3) is 9.52. The Morgan fingerprint density at radius 3 is 2.34 bits per heavy atom. The summed E-state index contributed by atoms with van der Waals surface area (Å²) in [5.74, 6) is -2.91. The number of para-hydroxylation sites is 1. The van der Waals surface area contributed by atoms with Crippen LogP contribution < -0.4 is 4.90 Å². The van der Waals surface area contributed by atoms with Gasteiger partial charge in [-0.25, -0.2) is 4.39 Å². The number of rotatable bonds is 16. The summed E-state index contributed by atoms with van der Waals surface area (Å²) in [4.78, 5) is 24.6. The highest BCUT2D eigenvalue weighted by Crippen LogP contribution is 2.45. The molecule has 3 rings (SSSR count). The molecule has 2 aromatic carbocycles. The molecule has 0 bridgehead atoms. The van der Waals surface area contributed by atoms with Crippen molar-refractivity contribution in [2.75, 3.05) is 17.2 Å². The summed E-state index contributed by atoms with van der Waals surface area (Å²) in [5, 5.41) is 8.96. The van der Waals surface area contributed by atoms with Crippen molar-refractivity contribution in [3.05, 3.63) is 96.2 Å². The van der Waals surface area contributed by atoms with E-state index in [1.807, 2.05) is 43.3 Å². The second kappa shape index (κ2) is 15.7. The zero-order valence-electron chi connectivity index (χ0n) is 25.0. The number of fused-ring (bicyclic) bond motifs is 1. The summed E-state index contributed by atoms with van der Waals surface area (Å²) >= 11 is 0. The molecule has 2 N–H and O–H groups in total. The van der Waals surface area contributed by atoms with E-state index in [4.69, 9.17) is 9.66 Å². The molecule has 1 heterocycles. The smallest absolute Gasteiger partial charge is 0.303 e. The molecule has 1 unspecified atom stereocenters. The van der Waals surface area contributed by atoms with Crippen molar-refractivity contribution >= 4 is 39.1 Å². The lowest BCUT2D eigenvalue weighted by Gasteiger charge is -2.22. The summed E-state index contributed by atoms with van der Waals surface area (Å²) in [6.45, 7) is 3.69. The third-order valence-corrected chi connectivity index (χ3v) is 8.35. The van der Waals surface area contributed by atoms with E-state index in [9.17, 15) is 22.4 Å². The highest BCUT2D eigenvalue weighted by Gasteiger charge is 2.49. The predicted octanol–water partition coefficient (Wildman–Crippen LogP) is 6.70. The number of carbonyl (C=O) groups excluding carboxylic acids is 1. The van der Waals surface area contributed by atoms with Crippen LogP contribution in [-0.2, 0) is 25.1 Å². The normalized spacial score (nSPS) is 16.8. The van der Waals surface area contributed by atoms with Crippen molar-refractivity contribution < 1.29 is 41.0 Å². The van der Waals surface area contributed by atoms with Crippen molar-refractivity contribution in [3.63, 3.8) is 0 Å². The first-order chi connectivity index (χ1) is 20.8. The lowest BCUT2D eigenvalue weighted by atomic mass is 9.75. The van der Waals surface area contributed by atoms with Crippen LogP contribution in [0.25, 0.3) is 0 Å². The molecule has 1 amide bonds. The summed E-state index contributed by atoms with van der Waals surface area (Å²) in [5.41, 5.74) is 1.21. The zero-order chi connectivity index (χ0) is 32.3. The predicted molar refractivity (Wildman–Crippen MR) is 167 cm³/mol. The molecule has 2 aromatic rings. The molecule has 0 aliphatic carbocycles. The van der Waals surface area contributed by atoms with Gasteiger partial charge in [0.15, 0.2) is 11.5 Å². The first-order valence-corrected chi connectivity index (χ1v) is 16.1. The number of amides is 1. The maximum atomic E-state index is 15.3. The number of allylic oxidation sites excluding steroid dienone is 5. The van der Waals surface area contributed by atoms with Gasteiger partial charge in [-0.2, -0.15) is 17.4 Å².